The molecule has 0 radical (unpaired) electrons. The number of nitrogens with one attached hydrogen (secondary N) is 1. The number of anilines is 1. The lowest BCUT2D eigenvalue weighted by molar-refractivity contribution is 0.485. The van der Waals surface area contributed by atoms with E-state index in [1.54, 1.807) is 25.1 Å². The Balaban J connectivity index is 1.62. The quantitative estimate of drug-likeness (QED) is 0.511. The first kappa shape index (κ1) is 19.7. The highest BCUT2D eigenvalue weighted by molar-refractivity contribution is 5.94. The zero-order chi connectivity index (χ0) is 21.3. The van der Waals surface area contributed by atoms with Gasteiger partial charge in [-0.05, 0) is 48.4 Å². The summed E-state index contributed by atoms with van der Waals surface area (Å²) < 4.78 is 62.8. The predicted molar refractivity (Wildman–Crippen MR) is 107 cm³/mol. The fourth-order valence-corrected chi connectivity index (χ4v) is 3.10. The van der Waals surface area contributed by atoms with Crippen LogP contribution in [0.4, 0.5) is 23.2 Å². The van der Waals surface area contributed by atoms with Crippen molar-refractivity contribution in [2.75, 3.05) is 5.32 Å². The Kier molecular flexibility index (Phi) is 5.27. The number of hydrogen-bond acceptors (Lipinski definition) is 3. The molecule has 152 valence electrons. The van der Waals surface area contributed by atoms with Gasteiger partial charge in [-0.25, -0.2) is 22.6 Å². The van der Waals surface area contributed by atoms with E-state index in [1.807, 2.05) is 0 Å². The topological polar surface area (TPSA) is 33.6 Å². The van der Waals surface area contributed by atoms with Crippen molar-refractivity contribution >= 4 is 11.6 Å². The van der Waals surface area contributed by atoms with E-state index in [1.165, 1.54) is 30.5 Å². The van der Waals surface area contributed by atoms with E-state index in [9.17, 15) is 13.2 Å². The highest BCUT2D eigenvalue weighted by atomic mass is 19.1. The molecule has 1 heterocycles. The van der Waals surface area contributed by atoms with Crippen molar-refractivity contribution < 1.29 is 22.3 Å². The summed E-state index contributed by atoms with van der Waals surface area (Å²) in [4.78, 5) is 3.77. The summed E-state index contributed by atoms with van der Waals surface area (Å²) in [6.07, 6.45) is 3.01. The van der Waals surface area contributed by atoms with Crippen molar-refractivity contribution in [3.05, 3.63) is 95.2 Å². The lowest BCUT2D eigenvalue weighted by Crippen LogP contribution is -2.12. The number of hydrogen-bond donors (Lipinski definition) is 1. The largest absolute Gasteiger partial charge is 0.436 e. The van der Waals surface area contributed by atoms with Crippen molar-refractivity contribution in [2.24, 2.45) is 4.99 Å². The van der Waals surface area contributed by atoms with Crippen LogP contribution in [0.5, 0.6) is 5.75 Å². The van der Waals surface area contributed by atoms with Crippen molar-refractivity contribution in [1.29, 1.82) is 0 Å². The molecule has 4 rings (SSSR count). The fourth-order valence-electron chi connectivity index (χ4n) is 3.10. The number of rotatable bonds is 5. The molecule has 0 aromatic heterocycles. The highest BCUT2D eigenvalue weighted by Gasteiger charge is 2.18. The number of nitrogens with zero attached hydrogens (tertiary/aromatic N) is 1. The van der Waals surface area contributed by atoms with E-state index < -0.39 is 29.0 Å². The smallest absolute Gasteiger partial charge is 0.220 e. The normalized spacial score (nSPS) is 12.4. The van der Waals surface area contributed by atoms with Crippen LogP contribution >= 0.6 is 0 Å². The van der Waals surface area contributed by atoms with E-state index in [0.717, 1.165) is 17.7 Å². The van der Waals surface area contributed by atoms with E-state index in [2.05, 4.69) is 10.3 Å². The molecular weight excluding hydrogens is 396 g/mol. The van der Waals surface area contributed by atoms with Crippen LogP contribution < -0.4 is 10.1 Å². The third-order valence-electron chi connectivity index (χ3n) is 4.57. The molecule has 0 amide bonds. The van der Waals surface area contributed by atoms with Gasteiger partial charge in [0.05, 0.1) is 0 Å². The minimum atomic E-state index is -0.948. The summed E-state index contributed by atoms with van der Waals surface area (Å²) >= 11 is 0. The molecule has 0 aliphatic carbocycles. The van der Waals surface area contributed by atoms with E-state index in [-0.39, 0.29) is 29.3 Å². The molecule has 0 atom stereocenters. The minimum absolute atomic E-state index is 0.186. The molecule has 1 aliphatic rings. The van der Waals surface area contributed by atoms with E-state index >= 15 is 4.39 Å². The van der Waals surface area contributed by atoms with Crippen LogP contribution in [0.15, 0.2) is 65.8 Å². The molecule has 3 nitrogen and oxygen atoms in total. The Morgan fingerprint density at radius 1 is 0.967 bits per heavy atom. The van der Waals surface area contributed by atoms with Gasteiger partial charge >= 0.3 is 0 Å². The molecular formula is C23H16F4N2O. The van der Waals surface area contributed by atoms with Gasteiger partial charge in [-0.15, -0.1) is 0 Å². The van der Waals surface area contributed by atoms with Crippen molar-refractivity contribution in [2.45, 2.75) is 13.5 Å². The Morgan fingerprint density at radius 3 is 2.47 bits per heavy atom. The Bertz CT molecular complexity index is 1190. The maximum atomic E-state index is 15.1. The fraction of sp³-hybridized carbons (Fsp3) is 0.0870. The van der Waals surface area contributed by atoms with E-state index in [4.69, 9.17) is 4.74 Å². The van der Waals surface area contributed by atoms with Crippen LogP contribution in [-0.4, -0.2) is 5.90 Å². The number of benzene rings is 3. The maximum Gasteiger partial charge on any atom is 0.220 e. The second-order valence-corrected chi connectivity index (χ2v) is 6.77. The van der Waals surface area contributed by atoms with Gasteiger partial charge in [0, 0.05) is 29.9 Å². The van der Waals surface area contributed by atoms with Crippen LogP contribution in [0.25, 0.3) is 11.1 Å². The van der Waals surface area contributed by atoms with Crippen LogP contribution in [0.2, 0.25) is 0 Å². The molecule has 1 aliphatic heterocycles. The van der Waals surface area contributed by atoms with Gasteiger partial charge in [0.2, 0.25) is 5.90 Å². The Morgan fingerprint density at radius 2 is 1.77 bits per heavy atom. The summed E-state index contributed by atoms with van der Waals surface area (Å²) in [5.41, 5.74) is 1.05. The lowest BCUT2D eigenvalue weighted by Gasteiger charge is -2.15. The molecule has 0 saturated carbocycles. The van der Waals surface area contributed by atoms with Crippen molar-refractivity contribution in [3.8, 4) is 16.9 Å². The van der Waals surface area contributed by atoms with Crippen LogP contribution in [0.3, 0.4) is 0 Å². The Labute approximate surface area is 170 Å². The van der Waals surface area contributed by atoms with Gasteiger partial charge in [-0.3, -0.25) is 0 Å². The molecule has 3 aromatic rings. The van der Waals surface area contributed by atoms with Crippen LogP contribution in [-0.2, 0) is 6.54 Å². The van der Waals surface area contributed by atoms with E-state index in [0.29, 0.717) is 5.56 Å². The second kappa shape index (κ2) is 8.02. The molecule has 0 fully saturated rings. The average Bonchev–Trinajstić information content (AvgIpc) is 2.68. The molecule has 0 saturated heterocycles. The zero-order valence-electron chi connectivity index (χ0n) is 15.8. The van der Waals surface area contributed by atoms with Gasteiger partial charge < -0.3 is 10.1 Å². The third kappa shape index (κ3) is 3.91. The molecule has 7 heteroatoms. The number of ether oxygens (including phenoxy) is 1. The SMILES string of the molecule is Cc1cc(CNc2c(F)ccc(OC3=NC=C3)c2F)c(F)c(-c2cccc(F)c2)c1. The van der Waals surface area contributed by atoms with Crippen molar-refractivity contribution in [1.82, 2.24) is 0 Å². The number of aliphatic imine (C=N–C) groups is 1. The first-order valence-electron chi connectivity index (χ1n) is 9.11. The Hall–Kier alpha value is -3.61. The van der Waals surface area contributed by atoms with Crippen LogP contribution in [0.1, 0.15) is 11.1 Å². The molecule has 1 N–H and O–H groups in total. The first-order chi connectivity index (χ1) is 14.4. The summed E-state index contributed by atoms with van der Waals surface area (Å²) in [7, 11) is 0. The van der Waals surface area contributed by atoms with Gasteiger partial charge in [0.15, 0.2) is 11.6 Å². The standard InChI is InChI=1S/C23H16F4N2O/c1-13-9-15(21(26)17(10-13)14-3-2-4-16(24)11-14)12-29-23-18(25)5-6-19(22(23)27)30-20-7-8-28-20/h2-11,29H,12H2,1H3. The molecule has 3 aromatic carbocycles. The number of halogens is 4. The predicted octanol–water partition coefficient (Wildman–Crippen LogP) is 6.14. The second-order valence-electron chi connectivity index (χ2n) is 6.77. The first-order valence-corrected chi connectivity index (χ1v) is 9.11. The molecule has 30 heavy (non-hydrogen) atoms. The summed E-state index contributed by atoms with van der Waals surface area (Å²) in [5.74, 6) is -2.87. The summed E-state index contributed by atoms with van der Waals surface area (Å²) in [5, 5.41) is 2.60. The lowest BCUT2D eigenvalue weighted by atomic mass is 9.99. The molecule has 0 bridgehead atoms. The van der Waals surface area contributed by atoms with Crippen LogP contribution in [0, 0.1) is 30.2 Å². The molecule has 0 spiro atoms. The highest BCUT2D eigenvalue weighted by Crippen LogP contribution is 2.31. The third-order valence-corrected chi connectivity index (χ3v) is 4.57. The number of aryl methyl sites for hydroxylation is 1. The van der Waals surface area contributed by atoms with Gasteiger partial charge in [0.1, 0.15) is 23.1 Å². The van der Waals surface area contributed by atoms with Crippen molar-refractivity contribution in [3.63, 3.8) is 0 Å². The average molecular weight is 412 g/mol. The summed E-state index contributed by atoms with van der Waals surface area (Å²) in [6, 6.07) is 10.9. The molecule has 0 unspecified atom stereocenters. The monoisotopic (exact) mass is 412 g/mol. The van der Waals surface area contributed by atoms with Gasteiger partial charge in [-0.1, -0.05) is 18.2 Å². The van der Waals surface area contributed by atoms with Gasteiger partial charge in [-0.2, -0.15) is 0 Å². The summed E-state index contributed by atoms with van der Waals surface area (Å²) in [6.45, 7) is 1.57. The van der Waals surface area contributed by atoms with Gasteiger partial charge in [0.25, 0.3) is 0 Å². The maximum absolute atomic E-state index is 15.1. The minimum Gasteiger partial charge on any atom is -0.436 e. The zero-order valence-corrected chi connectivity index (χ0v) is 15.8.